The topological polar surface area (TPSA) is 97.4 Å². The van der Waals surface area contributed by atoms with E-state index in [1.54, 1.807) is 6.07 Å². The Morgan fingerprint density at radius 3 is 2.79 bits per heavy atom. The van der Waals surface area contributed by atoms with E-state index >= 15 is 0 Å². The van der Waals surface area contributed by atoms with Crippen LogP contribution in [-0.2, 0) is 0 Å². The molecular formula is C9H10N2O3. The van der Waals surface area contributed by atoms with Gasteiger partial charge in [-0.1, -0.05) is 0 Å². The van der Waals surface area contributed by atoms with Crippen molar-refractivity contribution in [3.8, 4) is 11.8 Å². The van der Waals surface area contributed by atoms with E-state index in [0.717, 1.165) is 0 Å². The molecule has 1 heterocycles. The number of rotatable bonds is 3. The largest absolute Gasteiger partial charge is 0.506 e. The lowest BCUT2D eigenvalue weighted by molar-refractivity contribution is 0.0175. The summed E-state index contributed by atoms with van der Waals surface area (Å²) < 4.78 is 0. The molecule has 0 aliphatic carbocycles. The van der Waals surface area contributed by atoms with E-state index in [9.17, 15) is 15.3 Å². The van der Waals surface area contributed by atoms with Crippen molar-refractivity contribution in [2.75, 3.05) is 0 Å². The predicted molar refractivity (Wildman–Crippen MR) is 47.1 cm³/mol. The molecule has 5 nitrogen and oxygen atoms in total. The Morgan fingerprint density at radius 2 is 2.21 bits per heavy atom. The number of aromatic nitrogens is 1. The molecule has 0 bridgehead atoms. The van der Waals surface area contributed by atoms with Gasteiger partial charge in [0.2, 0.25) is 0 Å². The summed E-state index contributed by atoms with van der Waals surface area (Å²) in [4.78, 5) is 3.71. The number of hydrogen-bond acceptors (Lipinski definition) is 5. The van der Waals surface area contributed by atoms with Crippen molar-refractivity contribution in [3.05, 3.63) is 24.0 Å². The highest BCUT2D eigenvalue weighted by molar-refractivity contribution is 5.27. The molecule has 3 N–H and O–H groups in total. The first-order valence-corrected chi connectivity index (χ1v) is 4.03. The molecule has 0 amide bonds. The molecule has 0 saturated heterocycles. The monoisotopic (exact) mass is 194 g/mol. The van der Waals surface area contributed by atoms with Crippen LogP contribution in [0, 0.1) is 11.3 Å². The van der Waals surface area contributed by atoms with Crippen LogP contribution in [0.1, 0.15) is 18.2 Å². The normalized spacial score (nSPS) is 14.4. The Labute approximate surface area is 80.9 Å². The zero-order valence-corrected chi connectivity index (χ0v) is 7.33. The average Bonchev–Trinajstić information content (AvgIpc) is 2.18. The zero-order valence-electron chi connectivity index (χ0n) is 7.33. The fraction of sp³-hybridized carbons (Fsp3) is 0.333. The standard InChI is InChI=1S/C9H10N2O3/c10-4-3-7(13)9(14)8-6(12)2-1-5-11-8/h1-2,5,7,9,12-14H,3H2. The molecule has 2 atom stereocenters. The van der Waals surface area contributed by atoms with E-state index in [-0.39, 0.29) is 17.9 Å². The molecule has 1 aromatic heterocycles. The maximum Gasteiger partial charge on any atom is 0.139 e. The van der Waals surface area contributed by atoms with Gasteiger partial charge >= 0.3 is 0 Å². The van der Waals surface area contributed by atoms with Crippen LogP contribution in [0.3, 0.4) is 0 Å². The molecule has 0 aromatic carbocycles. The number of nitrogens with zero attached hydrogens (tertiary/aromatic N) is 2. The second-order valence-electron chi connectivity index (χ2n) is 2.78. The lowest BCUT2D eigenvalue weighted by atomic mass is 10.1. The molecule has 74 valence electrons. The summed E-state index contributed by atoms with van der Waals surface area (Å²) in [5.74, 6) is -0.197. The first kappa shape index (κ1) is 10.4. The van der Waals surface area contributed by atoms with Crippen LogP contribution in [0.15, 0.2) is 18.3 Å². The van der Waals surface area contributed by atoms with Crippen LogP contribution in [0.4, 0.5) is 0 Å². The Bertz CT molecular complexity index is 348. The lowest BCUT2D eigenvalue weighted by Crippen LogP contribution is -2.18. The highest BCUT2D eigenvalue weighted by atomic mass is 16.3. The van der Waals surface area contributed by atoms with Gasteiger partial charge < -0.3 is 15.3 Å². The Hall–Kier alpha value is -1.64. The molecule has 0 spiro atoms. The summed E-state index contributed by atoms with van der Waals surface area (Å²) in [7, 11) is 0. The molecule has 0 aliphatic heterocycles. The summed E-state index contributed by atoms with van der Waals surface area (Å²) in [5.41, 5.74) is -0.0183. The molecule has 1 rings (SSSR count). The molecule has 0 saturated carbocycles. The molecule has 0 radical (unpaired) electrons. The van der Waals surface area contributed by atoms with Crippen LogP contribution in [0.25, 0.3) is 0 Å². The fourth-order valence-corrected chi connectivity index (χ4v) is 1.02. The van der Waals surface area contributed by atoms with Crippen LogP contribution < -0.4 is 0 Å². The first-order valence-electron chi connectivity index (χ1n) is 4.03. The van der Waals surface area contributed by atoms with E-state index in [1.807, 2.05) is 0 Å². The SMILES string of the molecule is N#CCC(O)C(O)c1ncccc1O. The van der Waals surface area contributed by atoms with Gasteiger partial charge in [-0.15, -0.1) is 0 Å². The molecule has 14 heavy (non-hydrogen) atoms. The van der Waals surface area contributed by atoms with Gasteiger partial charge in [-0.05, 0) is 12.1 Å². The third-order valence-electron chi connectivity index (χ3n) is 1.76. The third-order valence-corrected chi connectivity index (χ3v) is 1.76. The molecule has 0 aliphatic rings. The van der Waals surface area contributed by atoms with Crippen molar-refractivity contribution in [2.45, 2.75) is 18.6 Å². The summed E-state index contributed by atoms with van der Waals surface area (Å²) in [6.45, 7) is 0. The van der Waals surface area contributed by atoms with Crippen LogP contribution in [0.2, 0.25) is 0 Å². The summed E-state index contributed by atoms with van der Waals surface area (Å²) in [6.07, 6.45) is -1.40. The minimum absolute atomic E-state index is 0.0183. The van der Waals surface area contributed by atoms with Gasteiger partial charge in [-0.2, -0.15) is 5.26 Å². The van der Waals surface area contributed by atoms with Crippen LogP contribution >= 0.6 is 0 Å². The number of aliphatic hydroxyl groups excluding tert-OH is 2. The molecule has 2 unspecified atom stereocenters. The maximum absolute atomic E-state index is 9.48. The Morgan fingerprint density at radius 1 is 1.50 bits per heavy atom. The van der Waals surface area contributed by atoms with Gasteiger partial charge in [0.25, 0.3) is 0 Å². The highest BCUT2D eigenvalue weighted by Crippen LogP contribution is 2.24. The number of aliphatic hydroxyl groups is 2. The second kappa shape index (κ2) is 4.56. The fourth-order valence-electron chi connectivity index (χ4n) is 1.02. The number of pyridine rings is 1. The minimum atomic E-state index is -1.34. The van der Waals surface area contributed by atoms with Crippen LogP contribution in [0.5, 0.6) is 5.75 Å². The van der Waals surface area contributed by atoms with E-state index in [4.69, 9.17) is 5.26 Å². The number of hydrogen-bond donors (Lipinski definition) is 3. The summed E-state index contributed by atoms with van der Waals surface area (Å²) >= 11 is 0. The van der Waals surface area contributed by atoms with Gasteiger partial charge in [-0.3, -0.25) is 4.98 Å². The molecule has 0 fully saturated rings. The van der Waals surface area contributed by atoms with Crippen molar-refractivity contribution >= 4 is 0 Å². The van der Waals surface area contributed by atoms with Gasteiger partial charge in [-0.25, -0.2) is 0 Å². The van der Waals surface area contributed by atoms with Crippen molar-refractivity contribution in [1.29, 1.82) is 5.26 Å². The average molecular weight is 194 g/mol. The third kappa shape index (κ3) is 2.19. The minimum Gasteiger partial charge on any atom is -0.506 e. The quantitative estimate of drug-likeness (QED) is 0.633. The Kier molecular flexibility index (Phi) is 3.40. The van der Waals surface area contributed by atoms with E-state index < -0.39 is 12.2 Å². The van der Waals surface area contributed by atoms with Gasteiger partial charge in [0, 0.05) is 6.20 Å². The maximum atomic E-state index is 9.48. The molecular weight excluding hydrogens is 184 g/mol. The summed E-state index contributed by atoms with van der Waals surface area (Å²) in [6, 6.07) is 4.57. The van der Waals surface area contributed by atoms with Crippen molar-refractivity contribution in [2.24, 2.45) is 0 Å². The number of nitriles is 1. The van der Waals surface area contributed by atoms with E-state index in [1.165, 1.54) is 18.3 Å². The summed E-state index contributed by atoms with van der Waals surface area (Å²) in [5, 5.41) is 36.3. The van der Waals surface area contributed by atoms with Crippen molar-refractivity contribution < 1.29 is 15.3 Å². The van der Waals surface area contributed by atoms with Gasteiger partial charge in [0.1, 0.15) is 17.5 Å². The van der Waals surface area contributed by atoms with E-state index in [2.05, 4.69) is 4.98 Å². The predicted octanol–water partition coefficient (Wildman–Crippen LogP) is 0.0952. The van der Waals surface area contributed by atoms with Crippen LogP contribution in [-0.4, -0.2) is 26.4 Å². The van der Waals surface area contributed by atoms with E-state index in [0.29, 0.717) is 0 Å². The molecule has 5 heteroatoms. The molecule has 1 aromatic rings. The zero-order chi connectivity index (χ0) is 10.6. The Balaban J connectivity index is 2.84. The van der Waals surface area contributed by atoms with Crippen molar-refractivity contribution in [3.63, 3.8) is 0 Å². The second-order valence-corrected chi connectivity index (χ2v) is 2.78. The lowest BCUT2D eigenvalue weighted by Gasteiger charge is -2.15. The first-order chi connectivity index (χ1) is 6.66. The smallest absolute Gasteiger partial charge is 0.139 e. The van der Waals surface area contributed by atoms with Gasteiger partial charge in [0.05, 0.1) is 18.6 Å². The van der Waals surface area contributed by atoms with Crippen molar-refractivity contribution in [1.82, 2.24) is 4.98 Å². The number of aromatic hydroxyl groups is 1. The highest BCUT2D eigenvalue weighted by Gasteiger charge is 2.21. The van der Waals surface area contributed by atoms with Gasteiger partial charge in [0.15, 0.2) is 0 Å².